The van der Waals surface area contributed by atoms with Crippen molar-refractivity contribution in [2.45, 2.75) is 0 Å². The van der Waals surface area contributed by atoms with Crippen LogP contribution in [0.4, 0.5) is 4.39 Å². The van der Waals surface area contributed by atoms with E-state index in [9.17, 15) is 9.18 Å². The minimum Gasteiger partial charge on any atom is -0.497 e. The number of amides is 1. The number of rotatable bonds is 3. The number of hydrogen-bond donors (Lipinski definition) is 1. The molecule has 0 aromatic heterocycles. The number of halogens is 1. The Bertz CT molecular complexity index is 594. The fourth-order valence-electron chi connectivity index (χ4n) is 1.85. The van der Waals surface area contributed by atoms with E-state index in [1.54, 1.807) is 44.5 Å². The van der Waals surface area contributed by atoms with Gasteiger partial charge in [0.1, 0.15) is 11.6 Å². The first-order chi connectivity index (χ1) is 9.15. The number of carbonyl (C=O) groups excluding carboxylic acids is 1. The van der Waals surface area contributed by atoms with Crippen LogP contribution in [0, 0.1) is 5.82 Å². The normalized spacial score (nSPS) is 10.1. The van der Waals surface area contributed by atoms with E-state index in [0.29, 0.717) is 11.3 Å². The summed E-state index contributed by atoms with van der Waals surface area (Å²) in [4.78, 5) is 11.9. The molecule has 0 bridgehead atoms. The Hall–Kier alpha value is -2.36. The van der Waals surface area contributed by atoms with Gasteiger partial charge in [0.25, 0.3) is 5.91 Å². The number of methoxy groups -OCH3 is 1. The van der Waals surface area contributed by atoms with Gasteiger partial charge in [-0.05, 0) is 41.5 Å². The zero-order valence-electron chi connectivity index (χ0n) is 10.7. The average Bonchev–Trinajstić information content (AvgIpc) is 2.46. The zero-order valence-corrected chi connectivity index (χ0v) is 10.7. The van der Waals surface area contributed by atoms with Gasteiger partial charge in [0, 0.05) is 7.05 Å². The van der Waals surface area contributed by atoms with Crippen molar-refractivity contribution in [1.82, 2.24) is 5.32 Å². The second-order valence-electron chi connectivity index (χ2n) is 4.00. The molecule has 0 aliphatic heterocycles. The van der Waals surface area contributed by atoms with Gasteiger partial charge in [0.05, 0.1) is 12.7 Å². The van der Waals surface area contributed by atoms with Gasteiger partial charge < -0.3 is 10.1 Å². The van der Waals surface area contributed by atoms with Gasteiger partial charge in [-0.15, -0.1) is 0 Å². The Morgan fingerprint density at radius 3 is 2.42 bits per heavy atom. The highest BCUT2D eigenvalue weighted by atomic mass is 19.1. The van der Waals surface area contributed by atoms with Gasteiger partial charge in [-0.3, -0.25) is 4.79 Å². The van der Waals surface area contributed by atoms with Crippen LogP contribution in [0.3, 0.4) is 0 Å². The fourth-order valence-corrected chi connectivity index (χ4v) is 1.85. The lowest BCUT2D eigenvalue weighted by Crippen LogP contribution is -2.18. The fraction of sp³-hybridized carbons (Fsp3) is 0.133. The summed E-state index contributed by atoms with van der Waals surface area (Å²) in [6, 6.07) is 11.2. The number of carbonyl (C=O) groups is 1. The summed E-state index contributed by atoms with van der Waals surface area (Å²) in [5, 5.41) is 2.59. The maximum Gasteiger partial charge on any atom is 0.251 e. The first-order valence-corrected chi connectivity index (χ1v) is 5.81. The van der Waals surface area contributed by atoms with Crippen LogP contribution in [-0.4, -0.2) is 20.1 Å². The molecule has 0 saturated heterocycles. The predicted molar refractivity (Wildman–Crippen MR) is 71.8 cm³/mol. The van der Waals surface area contributed by atoms with E-state index in [1.165, 1.54) is 12.1 Å². The van der Waals surface area contributed by atoms with Gasteiger partial charge in [0.15, 0.2) is 0 Å². The van der Waals surface area contributed by atoms with E-state index >= 15 is 0 Å². The summed E-state index contributed by atoms with van der Waals surface area (Å²) in [6.07, 6.45) is 0. The Kier molecular flexibility index (Phi) is 3.80. The summed E-state index contributed by atoms with van der Waals surface area (Å²) < 4.78 is 18.1. The smallest absolute Gasteiger partial charge is 0.251 e. The molecule has 3 nitrogen and oxygen atoms in total. The largest absolute Gasteiger partial charge is 0.497 e. The Morgan fingerprint density at radius 1 is 1.16 bits per heavy atom. The molecule has 4 heteroatoms. The molecule has 0 aliphatic rings. The summed E-state index contributed by atoms with van der Waals surface area (Å²) >= 11 is 0. The molecule has 0 saturated carbocycles. The van der Waals surface area contributed by atoms with Crippen molar-refractivity contribution in [2.24, 2.45) is 0 Å². The Labute approximate surface area is 111 Å². The van der Waals surface area contributed by atoms with E-state index in [1.807, 2.05) is 0 Å². The second kappa shape index (κ2) is 5.52. The quantitative estimate of drug-likeness (QED) is 0.920. The van der Waals surface area contributed by atoms with Crippen molar-refractivity contribution >= 4 is 5.91 Å². The molecule has 2 aromatic carbocycles. The molecule has 0 aliphatic carbocycles. The van der Waals surface area contributed by atoms with E-state index in [2.05, 4.69) is 5.32 Å². The van der Waals surface area contributed by atoms with E-state index < -0.39 is 0 Å². The van der Waals surface area contributed by atoms with E-state index in [0.717, 1.165) is 11.1 Å². The van der Waals surface area contributed by atoms with Crippen molar-refractivity contribution in [3.8, 4) is 16.9 Å². The molecule has 0 spiro atoms. The monoisotopic (exact) mass is 259 g/mol. The van der Waals surface area contributed by atoms with Crippen LogP contribution in [0.15, 0.2) is 42.5 Å². The van der Waals surface area contributed by atoms with Gasteiger partial charge >= 0.3 is 0 Å². The highest BCUT2D eigenvalue weighted by Gasteiger charge is 2.13. The minimum atomic E-state index is -0.307. The Morgan fingerprint density at radius 2 is 1.84 bits per heavy atom. The van der Waals surface area contributed by atoms with E-state index in [4.69, 9.17) is 4.74 Å². The molecule has 19 heavy (non-hydrogen) atoms. The van der Waals surface area contributed by atoms with Crippen molar-refractivity contribution < 1.29 is 13.9 Å². The molecule has 1 N–H and O–H groups in total. The van der Waals surface area contributed by atoms with Gasteiger partial charge in [-0.1, -0.05) is 12.1 Å². The van der Waals surface area contributed by atoms with Crippen molar-refractivity contribution in [3.05, 3.63) is 53.8 Å². The first-order valence-electron chi connectivity index (χ1n) is 5.81. The molecule has 0 unspecified atom stereocenters. The SMILES string of the molecule is CNC(=O)c1cc(OC)ccc1-c1ccc(F)cc1. The van der Waals surface area contributed by atoms with Gasteiger partial charge in [0.2, 0.25) is 0 Å². The molecule has 1 amide bonds. The molecule has 0 heterocycles. The van der Waals surface area contributed by atoms with Crippen molar-refractivity contribution in [2.75, 3.05) is 14.2 Å². The molecule has 98 valence electrons. The lowest BCUT2D eigenvalue weighted by molar-refractivity contribution is 0.0963. The van der Waals surface area contributed by atoms with Gasteiger partial charge in [-0.25, -0.2) is 4.39 Å². The molecular formula is C15H14FNO2. The van der Waals surface area contributed by atoms with Crippen molar-refractivity contribution in [1.29, 1.82) is 0 Å². The van der Waals surface area contributed by atoms with Crippen LogP contribution < -0.4 is 10.1 Å². The van der Waals surface area contributed by atoms with Crippen LogP contribution in [0.2, 0.25) is 0 Å². The Balaban J connectivity index is 2.55. The lowest BCUT2D eigenvalue weighted by atomic mass is 9.99. The van der Waals surface area contributed by atoms with E-state index in [-0.39, 0.29) is 11.7 Å². The molecule has 0 atom stereocenters. The average molecular weight is 259 g/mol. The van der Waals surface area contributed by atoms with Crippen LogP contribution in [0.5, 0.6) is 5.75 Å². The maximum absolute atomic E-state index is 12.9. The standard InChI is InChI=1S/C15H14FNO2/c1-17-15(18)14-9-12(19-2)7-8-13(14)10-3-5-11(16)6-4-10/h3-9H,1-2H3,(H,17,18). The summed E-state index contributed by atoms with van der Waals surface area (Å²) in [5.41, 5.74) is 2.01. The number of ether oxygens (including phenoxy) is 1. The second-order valence-corrected chi connectivity index (χ2v) is 4.00. The number of nitrogens with one attached hydrogen (secondary N) is 1. The summed E-state index contributed by atoms with van der Waals surface area (Å²) in [7, 11) is 3.11. The molecule has 0 radical (unpaired) electrons. The van der Waals surface area contributed by atoms with Crippen LogP contribution in [-0.2, 0) is 0 Å². The highest BCUT2D eigenvalue weighted by Crippen LogP contribution is 2.27. The van der Waals surface area contributed by atoms with Crippen LogP contribution >= 0.6 is 0 Å². The summed E-state index contributed by atoms with van der Waals surface area (Å²) in [5.74, 6) is 0.0847. The van der Waals surface area contributed by atoms with Crippen molar-refractivity contribution in [3.63, 3.8) is 0 Å². The third kappa shape index (κ3) is 2.73. The predicted octanol–water partition coefficient (Wildman–Crippen LogP) is 2.86. The topological polar surface area (TPSA) is 38.3 Å². The number of hydrogen-bond acceptors (Lipinski definition) is 2. The van der Waals surface area contributed by atoms with Crippen LogP contribution in [0.25, 0.3) is 11.1 Å². The highest BCUT2D eigenvalue weighted by molar-refractivity contribution is 6.01. The third-order valence-electron chi connectivity index (χ3n) is 2.85. The zero-order chi connectivity index (χ0) is 13.8. The molecule has 0 fully saturated rings. The minimum absolute atomic E-state index is 0.210. The first kappa shape index (κ1) is 13.1. The lowest BCUT2D eigenvalue weighted by Gasteiger charge is -2.10. The van der Waals surface area contributed by atoms with Gasteiger partial charge in [-0.2, -0.15) is 0 Å². The molecule has 2 aromatic rings. The third-order valence-corrected chi connectivity index (χ3v) is 2.85. The van der Waals surface area contributed by atoms with Crippen LogP contribution in [0.1, 0.15) is 10.4 Å². The molecule has 2 rings (SSSR count). The number of benzene rings is 2. The summed E-state index contributed by atoms with van der Waals surface area (Å²) in [6.45, 7) is 0. The maximum atomic E-state index is 12.9. The molecular weight excluding hydrogens is 245 g/mol.